The van der Waals surface area contributed by atoms with Gasteiger partial charge in [0.2, 0.25) is 0 Å². The molecule has 0 aliphatic carbocycles. The fourth-order valence-electron chi connectivity index (χ4n) is 2.02. The zero-order valence-corrected chi connectivity index (χ0v) is 10.3. The number of halogens is 1. The molecule has 0 bridgehead atoms. The number of rotatable bonds is 1. The monoisotopic (exact) mass is 278 g/mol. The van der Waals surface area contributed by atoms with E-state index in [2.05, 4.69) is 32.5 Å². The van der Waals surface area contributed by atoms with Crippen LogP contribution < -0.4 is 5.32 Å². The molecule has 1 aliphatic rings. The molecule has 1 aromatic heterocycles. The first-order valence-corrected chi connectivity index (χ1v) is 6.08. The molecule has 0 saturated carbocycles. The molecule has 1 N–H and O–H groups in total. The Morgan fingerprint density at radius 2 is 2.31 bits per heavy atom. The van der Waals surface area contributed by atoms with Crippen LogP contribution in [0.3, 0.4) is 0 Å². The minimum atomic E-state index is 0.812. The summed E-state index contributed by atoms with van der Waals surface area (Å²) in [6.07, 6.45) is 0.987. The number of fused-ring (bicyclic) bond motifs is 1. The molecule has 1 aliphatic heterocycles. The molecule has 0 atom stereocenters. The zero-order chi connectivity index (χ0) is 11.0. The Balaban J connectivity index is 2.09. The van der Waals surface area contributed by atoms with Crippen molar-refractivity contribution in [2.45, 2.75) is 13.0 Å². The number of hydrogen-bond donors (Lipinski definition) is 1. The molecular weight excluding hydrogens is 268 g/mol. The highest BCUT2D eigenvalue weighted by atomic mass is 79.9. The number of nitrogens with zero attached hydrogens (tertiary/aromatic N) is 1. The maximum Gasteiger partial charge on any atom is 0.170 e. The van der Waals surface area contributed by atoms with Crippen molar-refractivity contribution in [2.75, 3.05) is 6.54 Å². The summed E-state index contributed by atoms with van der Waals surface area (Å²) in [7, 11) is 0. The molecule has 82 valence electrons. The normalized spacial score (nSPS) is 14.8. The molecule has 3 nitrogen and oxygen atoms in total. The van der Waals surface area contributed by atoms with Crippen LogP contribution in [0.5, 0.6) is 0 Å². The summed E-state index contributed by atoms with van der Waals surface area (Å²) in [4.78, 5) is 0. The Bertz CT molecular complexity index is 521. The number of aromatic nitrogens is 1. The lowest BCUT2D eigenvalue weighted by atomic mass is 10.0. The third-order valence-corrected chi connectivity index (χ3v) is 3.29. The lowest BCUT2D eigenvalue weighted by Gasteiger charge is -2.11. The van der Waals surface area contributed by atoms with Gasteiger partial charge in [0.15, 0.2) is 5.76 Å². The van der Waals surface area contributed by atoms with Crippen LogP contribution in [0, 0.1) is 0 Å². The molecule has 4 heteroatoms. The van der Waals surface area contributed by atoms with Crippen molar-refractivity contribution in [1.82, 2.24) is 10.5 Å². The van der Waals surface area contributed by atoms with Crippen LogP contribution >= 0.6 is 15.9 Å². The number of hydrogen-bond acceptors (Lipinski definition) is 3. The summed E-state index contributed by atoms with van der Waals surface area (Å²) in [5, 5.41) is 7.40. The lowest BCUT2D eigenvalue weighted by molar-refractivity contribution is 0.421. The Hall–Kier alpha value is -1.13. The summed E-state index contributed by atoms with van der Waals surface area (Å²) >= 11 is 3.47. The van der Waals surface area contributed by atoms with Gasteiger partial charge >= 0.3 is 0 Å². The quantitative estimate of drug-likeness (QED) is 0.872. The average molecular weight is 279 g/mol. The van der Waals surface area contributed by atoms with E-state index < -0.39 is 0 Å². The summed E-state index contributed by atoms with van der Waals surface area (Å²) in [6.45, 7) is 1.81. The second-order valence-electron chi connectivity index (χ2n) is 3.87. The first-order valence-electron chi connectivity index (χ1n) is 5.28. The van der Waals surface area contributed by atoms with Gasteiger partial charge in [0.05, 0.1) is 0 Å². The maximum absolute atomic E-state index is 5.45. The Morgan fingerprint density at radius 3 is 3.19 bits per heavy atom. The fourth-order valence-corrected chi connectivity index (χ4v) is 2.41. The first-order chi connectivity index (χ1) is 7.84. The summed E-state index contributed by atoms with van der Waals surface area (Å²) in [5.74, 6) is 0.915. The van der Waals surface area contributed by atoms with Crippen molar-refractivity contribution in [1.29, 1.82) is 0 Å². The second-order valence-corrected chi connectivity index (χ2v) is 4.79. The van der Waals surface area contributed by atoms with E-state index in [1.54, 1.807) is 0 Å². The van der Waals surface area contributed by atoms with Gasteiger partial charge in [0, 0.05) is 22.1 Å². The molecule has 1 aromatic carbocycles. The van der Waals surface area contributed by atoms with Crippen molar-refractivity contribution in [3.63, 3.8) is 0 Å². The van der Waals surface area contributed by atoms with Crippen LogP contribution in [-0.2, 0) is 13.0 Å². The van der Waals surface area contributed by atoms with Gasteiger partial charge in [-0.15, -0.1) is 0 Å². The van der Waals surface area contributed by atoms with E-state index in [0.717, 1.165) is 41.0 Å². The molecule has 2 heterocycles. The van der Waals surface area contributed by atoms with E-state index in [0.29, 0.717) is 0 Å². The second kappa shape index (κ2) is 4.03. The maximum atomic E-state index is 5.45. The van der Waals surface area contributed by atoms with Gasteiger partial charge in [0.25, 0.3) is 0 Å². The van der Waals surface area contributed by atoms with Gasteiger partial charge in [-0.05, 0) is 25.1 Å². The number of nitrogens with one attached hydrogen (secondary N) is 1. The van der Waals surface area contributed by atoms with Gasteiger partial charge in [0.1, 0.15) is 5.69 Å². The average Bonchev–Trinajstić information content (AvgIpc) is 2.72. The van der Waals surface area contributed by atoms with Gasteiger partial charge < -0.3 is 9.84 Å². The molecule has 0 fully saturated rings. The highest BCUT2D eigenvalue weighted by Crippen LogP contribution is 2.29. The Labute approximate surface area is 102 Å². The summed E-state index contributed by atoms with van der Waals surface area (Å²) in [6, 6.07) is 8.12. The van der Waals surface area contributed by atoms with E-state index in [4.69, 9.17) is 4.52 Å². The first kappa shape index (κ1) is 10.1. The minimum Gasteiger partial charge on any atom is -0.356 e. The Kier molecular flexibility index (Phi) is 2.53. The standard InChI is InChI=1S/C12H11BrN2O/c13-9-3-1-2-8(6-9)12-10-4-5-14-7-11(10)15-16-12/h1-3,6,14H,4-5,7H2. The fraction of sp³-hybridized carbons (Fsp3) is 0.250. The van der Waals surface area contributed by atoms with Crippen LogP contribution in [0.2, 0.25) is 0 Å². The summed E-state index contributed by atoms with van der Waals surface area (Å²) < 4.78 is 6.51. The van der Waals surface area contributed by atoms with Crippen molar-refractivity contribution >= 4 is 15.9 Å². The number of benzene rings is 1. The largest absolute Gasteiger partial charge is 0.356 e. The van der Waals surface area contributed by atoms with Crippen molar-refractivity contribution in [3.8, 4) is 11.3 Å². The SMILES string of the molecule is Brc1cccc(-c2onc3c2CCNC3)c1. The van der Waals surface area contributed by atoms with E-state index in [1.807, 2.05) is 18.2 Å². The predicted octanol–water partition coefficient (Wildman–Crippen LogP) is 2.75. The highest BCUT2D eigenvalue weighted by molar-refractivity contribution is 9.10. The topological polar surface area (TPSA) is 38.1 Å². The smallest absolute Gasteiger partial charge is 0.170 e. The molecule has 0 spiro atoms. The van der Waals surface area contributed by atoms with Gasteiger partial charge in [-0.25, -0.2) is 0 Å². The molecule has 0 unspecified atom stereocenters. The van der Waals surface area contributed by atoms with Gasteiger partial charge in [-0.1, -0.05) is 33.2 Å². The minimum absolute atomic E-state index is 0.812. The van der Waals surface area contributed by atoms with Crippen LogP contribution in [0.25, 0.3) is 11.3 Å². The third kappa shape index (κ3) is 1.68. The van der Waals surface area contributed by atoms with Crippen LogP contribution in [0.15, 0.2) is 33.3 Å². The van der Waals surface area contributed by atoms with Crippen molar-refractivity contribution < 1.29 is 4.52 Å². The van der Waals surface area contributed by atoms with Crippen LogP contribution in [0.4, 0.5) is 0 Å². The predicted molar refractivity (Wildman–Crippen MR) is 65.0 cm³/mol. The molecule has 0 saturated heterocycles. The zero-order valence-electron chi connectivity index (χ0n) is 8.66. The van der Waals surface area contributed by atoms with Crippen molar-refractivity contribution in [3.05, 3.63) is 40.0 Å². The van der Waals surface area contributed by atoms with Gasteiger partial charge in [-0.2, -0.15) is 0 Å². The van der Waals surface area contributed by atoms with E-state index in [-0.39, 0.29) is 0 Å². The third-order valence-electron chi connectivity index (χ3n) is 2.80. The molecular formula is C12H11BrN2O. The van der Waals surface area contributed by atoms with E-state index >= 15 is 0 Å². The molecule has 0 radical (unpaired) electrons. The lowest BCUT2D eigenvalue weighted by Crippen LogP contribution is -2.23. The molecule has 16 heavy (non-hydrogen) atoms. The van der Waals surface area contributed by atoms with E-state index in [1.165, 1.54) is 5.56 Å². The Morgan fingerprint density at radius 1 is 1.38 bits per heavy atom. The van der Waals surface area contributed by atoms with Crippen LogP contribution in [-0.4, -0.2) is 11.7 Å². The molecule has 0 amide bonds. The highest BCUT2D eigenvalue weighted by Gasteiger charge is 2.19. The van der Waals surface area contributed by atoms with Gasteiger partial charge in [-0.3, -0.25) is 0 Å². The summed E-state index contributed by atoms with van der Waals surface area (Å²) in [5.41, 5.74) is 3.38. The molecule has 3 rings (SSSR count). The van der Waals surface area contributed by atoms with E-state index in [9.17, 15) is 0 Å². The molecule has 2 aromatic rings. The van der Waals surface area contributed by atoms with Crippen molar-refractivity contribution in [2.24, 2.45) is 0 Å². The van der Waals surface area contributed by atoms with Crippen LogP contribution in [0.1, 0.15) is 11.3 Å².